The third-order valence-corrected chi connectivity index (χ3v) is 2.48. The molecule has 6 heteroatoms. The molecule has 1 amide bonds. The zero-order chi connectivity index (χ0) is 8.43. The summed E-state index contributed by atoms with van der Waals surface area (Å²) in [6.45, 7) is 0. The van der Waals surface area contributed by atoms with Crippen molar-refractivity contribution in [3.63, 3.8) is 0 Å². The van der Waals surface area contributed by atoms with Crippen LogP contribution in [0, 0.1) is 0 Å². The Morgan fingerprint density at radius 2 is 2.45 bits per heavy atom. The number of carboxylic acid groups (broad SMARTS) is 1. The summed E-state index contributed by atoms with van der Waals surface area (Å²) in [7, 11) is 0. The van der Waals surface area contributed by atoms with E-state index in [1.807, 2.05) is 0 Å². The quantitative estimate of drug-likeness (QED) is 0.459. The second kappa shape index (κ2) is 3.10. The number of hydrogen-bond acceptors (Lipinski definition) is 4. The van der Waals surface area contributed by atoms with Crippen molar-refractivity contribution < 1.29 is 14.7 Å². The van der Waals surface area contributed by atoms with Gasteiger partial charge in [0.1, 0.15) is 6.04 Å². The van der Waals surface area contributed by atoms with Crippen LogP contribution in [-0.2, 0) is 9.59 Å². The number of amides is 1. The zero-order valence-electron chi connectivity index (χ0n) is 5.61. The Kier molecular flexibility index (Phi) is 2.35. The first-order valence-electron chi connectivity index (χ1n) is 3.00. The van der Waals surface area contributed by atoms with Crippen LogP contribution >= 0.6 is 11.8 Å². The van der Waals surface area contributed by atoms with Gasteiger partial charge in [0.15, 0.2) is 0 Å². The molecule has 0 saturated carbocycles. The van der Waals surface area contributed by atoms with Crippen molar-refractivity contribution in [3.8, 4) is 0 Å². The first kappa shape index (κ1) is 8.35. The fraction of sp³-hybridized carbons (Fsp3) is 0.600. The van der Waals surface area contributed by atoms with Crippen LogP contribution in [0.2, 0.25) is 0 Å². The second-order valence-corrected chi connectivity index (χ2v) is 3.29. The highest BCUT2D eigenvalue weighted by molar-refractivity contribution is 8.00. The molecule has 0 aromatic carbocycles. The number of β-lactam (4-membered cyclic amide) rings is 1. The van der Waals surface area contributed by atoms with Gasteiger partial charge in [-0.2, -0.15) is 0 Å². The second-order valence-electron chi connectivity index (χ2n) is 2.16. The molecule has 62 valence electrons. The van der Waals surface area contributed by atoms with E-state index in [9.17, 15) is 9.59 Å². The lowest BCUT2D eigenvalue weighted by atomic mass is 10.2. The Balaban J connectivity index is 2.20. The number of thioether (sulfide) groups is 1. The van der Waals surface area contributed by atoms with E-state index in [2.05, 4.69) is 5.32 Å². The van der Waals surface area contributed by atoms with Crippen LogP contribution in [0.5, 0.6) is 0 Å². The summed E-state index contributed by atoms with van der Waals surface area (Å²) in [6.07, 6.45) is 0. The third-order valence-electron chi connectivity index (χ3n) is 1.30. The molecule has 1 aliphatic heterocycles. The Labute approximate surface area is 67.3 Å². The van der Waals surface area contributed by atoms with Gasteiger partial charge in [0, 0.05) is 0 Å². The number of carbonyl (C=O) groups excluding carboxylic acids is 1. The number of rotatable bonds is 3. The van der Waals surface area contributed by atoms with E-state index in [4.69, 9.17) is 10.8 Å². The van der Waals surface area contributed by atoms with Crippen molar-refractivity contribution in [2.24, 2.45) is 5.73 Å². The molecule has 0 bridgehead atoms. The van der Waals surface area contributed by atoms with Gasteiger partial charge in [-0.25, -0.2) is 0 Å². The number of nitrogens with two attached hydrogens (primary N) is 1. The molecular weight excluding hydrogens is 168 g/mol. The van der Waals surface area contributed by atoms with Gasteiger partial charge in [-0.1, -0.05) is 0 Å². The Morgan fingerprint density at radius 3 is 2.82 bits per heavy atom. The van der Waals surface area contributed by atoms with Gasteiger partial charge in [-0.05, 0) is 0 Å². The maximum absolute atomic E-state index is 10.5. The van der Waals surface area contributed by atoms with Crippen LogP contribution in [0.15, 0.2) is 0 Å². The van der Waals surface area contributed by atoms with Crippen molar-refractivity contribution in [2.75, 3.05) is 5.75 Å². The molecule has 4 N–H and O–H groups in total. The molecule has 5 nitrogen and oxygen atoms in total. The van der Waals surface area contributed by atoms with E-state index < -0.39 is 12.0 Å². The highest BCUT2D eigenvalue weighted by Gasteiger charge is 2.36. The number of nitrogens with one attached hydrogen (secondary N) is 1. The molecule has 1 rings (SSSR count). The third kappa shape index (κ3) is 1.84. The van der Waals surface area contributed by atoms with E-state index in [1.54, 1.807) is 0 Å². The molecular formula is C5H8N2O3S. The van der Waals surface area contributed by atoms with Gasteiger partial charge in [0.25, 0.3) is 0 Å². The highest BCUT2D eigenvalue weighted by Crippen LogP contribution is 2.17. The van der Waals surface area contributed by atoms with E-state index in [1.165, 1.54) is 0 Å². The molecule has 0 aliphatic carbocycles. The number of hydrogen-bond donors (Lipinski definition) is 3. The molecule has 2 atom stereocenters. The minimum absolute atomic E-state index is 0.0291. The topological polar surface area (TPSA) is 92.4 Å². The fourth-order valence-corrected chi connectivity index (χ4v) is 1.53. The van der Waals surface area contributed by atoms with E-state index in [0.717, 1.165) is 11.8 Å². The molecule has 11 heavy (non-hydrogen) atoms. The predicted octanol–water partition coefficient (Wildman–Crippen LogP) is -1.41. The first-order valence-corrected chi connectivity index (χ1v) is 4.05. The van der Waals surface area contributed by atoms with Crippen LogP contribution in [0.4, 0.5) is 0 Å². The summed E-state index contributed by atoms with van der Waals surface area (Å²) in [5, 5.41) is 10.5. The molecule has 1 heterocycles. The first-order chi connectivity index (χ1) is 5.11. The van der Waals surface area contributed by atoms with Crippen LogP contribution in [-0.4, -0.2) is 34.2 Å². The summed E-state index contributed by atoms with van der Waals surface area (Å²) >= 11 is 1.13. The van der Waals surface area contributed by atoms with E-state index in [-0.39, 0.29) is 17.0 Å². The normalized spacial score (nSPS) is 29.0. The summed E-state index contributed by atoms with van der Waals surface area (Å²) in [6, 6.07) is -0.542. The Bertz CT molecular complexity index is 196. The lowest BCUT2D eigenvalue weighted by molar-refractivity contribution is -0.134. The molecule has 1 fully saturated rings. The molecule has 0 radical (unpaired) electrons. The lowest BCUT2D eigenvalue weighted by Gasteiger charge is -2.32. The minimum Gasteiger partial charge on any atom is -0.481 e. The van der Waals surface area contributed by atoms with Gasteiger partial charge in [0.2, 0.25) is 5.91 Å². The van der Waals surface area contributed by atoms with Crippen LogP contribution in [0.1, 0.15) is 0 Å². The summed E-state index contributed by atoms with van der Waals surface area (Å²) in [5.41, 5.74) is 5.33. The largest absolute Gasteiger partial charge is 0.481 e. The van der Waals surface area contributed by atoms with Crippen molar-refractivity contribution in [1.29, 1.82) is 0 Å². The minimum atomic E-state index is -0.900. The van der Waals surface area contributed by atoms with Crippen LogP contribution < -0.4 is 11.1 Å². The highest BCUT2D eigenvalue weighted by atomic mass is 32.2. The molecule has 0 unspecified atom stereocenters. The van der Waals surface area contributed by atoms with Crippen molar-refractivity contribution in [1.82, 2.24) is 5.32 Å². The van der Waals surface area contributed by atoms with Gasteiger partial charge in [0.05, 0.1) is 11.1 Å². The van der Waals surface area contributed by atoms with Gasteiger partial charge in [-0.15, -0.1) is 11.8 Å². The standard InChI is InChI=1S/C5H8N2O3S/c6-3-4(10)7-5(3)11-1-2(8)9/h3,5H,1,6H2,(H,7,10)(H,8,9)/t3-,5+/m1/s1. The van der Waals surface area contributed by atoms with Crippen molar-refractivity contribution >= 4 is 23.6 Å². The van der Waals surface area contributed by atoms with E-state index >= 15 is 0 Å². The van der Waals surface area contributed by atoms with Gasteiger partial charge < -0.3 is 16.2 Å². The monoisotopic (exact) mass is 176 g/mol. The van der Waals surface area contributed by atoms with Crippen LogP contribution in [0.25, 0.3) is 0 Å². The average Bonchev–Trinajstić information content (AvgIpc) is 1.96. The number of carbonyl (C=O) groups is 2. The molecule has 1 saturated heterocycles. The Hall–Kier alpha value is -0.750. The van der Waals surface area contributed by atoms with Crippen molar-refractivity contribution in [2.45, 2.75) is 11.4 Å². The summed E-state index contributed by atoms with van der Waals surface area (Å²) in [5.74, 6) is -1.14. The molecule has 1 aliphatic rings. The SMILES string of the molecule is N[C@@H]1C(=O)N[C@H]1SCC(=O)O. The predicted molar refractivity (Wildman–Crippen MR) is 40.0 cm³/mol. The van der Waals surface area contributed by atoms with Gasteiger partial charge in [-0.3, -0.25) is 9.59 Å². The number of aliphatic carboxylic acids is 1. The smallest absolute Gasteiger partial charge is 0.313 e. The zero-order valence-corrected chi connectivity index (χ0v) is 6.43. The molecule has 0 aromatic rings. The van der Waals surface area contributed by atoms with Gasteiger partial charge >= 0.3 is 5.97 Å². The summed E-state index contributed by atoms with van der Waals surface area (Å²) < 4.78 is 0. The summed E-state index contributed by atoms with van der Waals surface area (Å²) in [4.78, 5) is 20.5. The Morgan fingerprint density at radius 1 is 1.82 bits per heavy atom. The fourth-order valence-electron chi connectivity index (χ4n) is 0.674. The maximum atomic E-state index is 10.5. The average molecular weight is 176 g/mol. The lowest BCUT2D eigenvalue weighted by Crippen LogP contribution is -2.65. The van der Waals surface area contributed by atoms with Crippen molar-refractivity contribution in [3.05, 3.63) is 0 Å². The molecule has 0 aromatic heterocycles. The molecule has 0 spiro atoms. The van der Waals surface area contributed by atoms with E-state index in [0.29, 0.717) is 0 Å². The number of carboxylic acids is 1. The van der Waals surface area contributed by atoms with Crippen LogP contribution in [0.3, 0.4) is 0 Å². The maximum Gasteiger partial charge on any atom is 0.313 e.